The standard InChI is InChI=1S/C21H27N3O3/c1-4-13(3)19(21(26)27)23-20(25)18-14-8-6-7-9-16(14)22-17-10-11-24(5-2)12-15(17)18/h6-9,13,19H,4-5,10-12H2,1-3H3,(H,23,25)(H,26,27). The Morgan fingerprint density at radius 3 is 2.70 bits per heavy atom. The highest BCUT2D eigenvalue weighted by atomic mass is 16.4. The van der Waals surface area contributed by atoms with E-state index in [1.54, 1.807) is 0 Å². The lowest BCUT2D eigenvalue weighted by Crippen LogP contribution is -2.45. The maximum Gasteiger partial charge on any atom is 0.326 e. The van der Waals surface area contributed by atoms with E-state index in [1.165, 1.54) is 0 Å². The van der Waals surface area contributed by atoms with Crippen molar-refractivity contribution in [2.45, 2.75) is 46.2 Å². The summed E-state index contributed by atoms with van der Waals surface area (Å²) in [7, 11) is 0. The minimum atomic E-state index is -1.000. The number of carboxylic acid groups (broad SMARTS) is 1. The average Bonchev–Trinajstić information content (AvgIpc) is 2.68. The Labute approximate surface area is 159 Å². The number of pyridine rings is 1. The third-order valence-electron chi connectivity index (χ3n) is 5.57. The van der Waals surface area contributed by atoms with E-state index in [9.17, 15) is 14.7 Å². The van der Waals surface area contributed by atoms with Gasteiger partial charge in [0, 0.05) is 36.2 Å². The lowest BCUT2D eigenvalue weighted by Gasteiger charge is -2.29. The first-order valence-corrected chi connectivity index (χ1v) is 9.62. The van der Waals surface area contributed by atoms with E-state index >= 15 is 0 Å². The summed E-state index contributed by atoms with van der Waals surface area (Å²) in [5.41, 5.74) is 3.22. The first kappa shape index (κ1) is 19.3. The molecule has 3 rings (SSSR count). The second kappa shape index (κ2) is 8.05. The van der Waals surface area contributed by atoms with Gasteiger partial charge >= 0.3 is 5.97 Å². The molecule has 2 unspecified atom stereocenters. The van der Waals surface area contributed by atoms with Crippen LogP contribution in [0.1, 0.15) is 48.8 Å². The lowest BCUT2D eigenvalue weighted by atomic mass is 9.94. The van der Waals surface area contributed by atoms with Gasteiger partial charge in [-0.3, -0.25) is 14.7 Å². The fourth-order valence-electron chi connectivity index (χ4n) is 3.67. The number of carboxylic acids is 1. The fourth-order valence-corrected chi connectivity index (χ4v) is 3.67. The van der Waals surface area contributed by atoms with Crippen molar-refractivity contribution in [1.29, 1.82) is 0 Å². The number of nitrogens with zero attached hydrogens (tertiary/aromatic N) is 2. The molecule has 0 bridgehead atoms. The van der Waals surface area contributed by atoms with Crippen LogP contribution < -0.4 is 5.32 Å². The van der Waals surface area contributed by atoms with Crippen molar-refractivity contribution in [2.24, 2.45) is 5.92 Å². The van der Waals surface area contributed by atoms with Gasteiger partial charge in [-0.15, -0.1) is 0 Å². The van der Waals surface area contributed by atoms with E-state index in [0.29, 0.717) is 18.5 Å². The van der Waals surface area contributed by atoms with Crippen LogP contribution in [0.2, 0.25) is 0 Å². The predicted octanol–water partition coefficient (Wildman–Crippen LogP) is 2.84. The quantitative estimate of drug-likeness (QED) is 0.818. The highest BCUT2D eigenvalue weighted by molar-refractivity contribution is 6.08. The molecule has 1 amide bonds. The van der Waals surface area contributed by atoms with Gasteiger partial charge in [-0.1, -0.05) is 45.4 Å². The van der Waals surface area contributed by atoms with Crippen molar-refractivity contribution in [1.82, 2.24) is 15.2 Å². The minimum absolute atomic E-state index is 0.150. The smallest absolute Gasteiger partial charge is 0.326 e. The number of hydrogen-bond acceptors (Lipinski definition) is 4. The first-order chi connectivity index (χ1) is 13.0. The molecule has 0 aliphatic carbocycles. The SMILES string of the molecule is CCC(C)C(NC(=O)c1c2c(nc3ccccc13)CCN(CC)C2)C(=O)O. The van der Waals surface area contributed by atoms with Crippen molar-refractivity contribution < 1.29 is 14.7 Å². The number of nitrogens with one attached hydrogen (secondary N) is 1. The second-order valence-electron chi connectivity index (χ2n) is 7.22. The number of carbonyl (C=O) groups is 2. The van der Waals surface area contributed by atoms with Gasteiger partial charge < -0.3 is 10.4 Å². The van der Waals surface area contributed by atoms with Crippen LogP contribution in [0.5, 0.6) is 0 Å². The van der Waals surface area contributed by atoms with Gasteiger partial charge in [0.25, 0.3) is 5.91 Å². The summed E-state index contributed by atoms with van der Waals surface area (Å²) in [4.78, 5) is 32.0. The topological polar surface area (TPSA) is 82.5 Å². The molecule has 144 valence electrons. The Morgan fingerprint density at radius 2 is 2.04 bits per heavy atom. The molecular weight excluding hydrogens is 342 g/mol. The Bertz CT molecular complexity index is 865. The highest BCUT2D eigenvalue weighted by Crippen LogP contribution is 2.28. The summed E-state index contributed by atoms with van der Waals surface area (Å²) >= 11 is 0. The van der Waals surface area contributed by atoms with Crippen LogP contribution in [0.4, 0.5) is 0 Å². The number of carbonyl (C=O) groups excluding carboxylic acids is 1. The van der Waals surface area contributed by atoms with Gasteiger partial charge in [0.05, 0.1) is 11.1 Å². The zero-order valence-electron chi connectivity index (χ0n) is 16.2. The molecule has 6 heteroatoms. The molecule has 1 aliphatic rings. The van der Waals surface area contributed by atoms with Crippen LogP contribution in [-0.4, -0.2) is 46.0 Å². The number of benzene rings is 1. The van der Waals surface area contributed by atoms with Crippen LogP contribution in [0.25, 0.3) is 10.9 Å². The van der Waals surface area contributed by atoms with Crippen molar-refractivity contribution in [3.8, 4) is 0 Å². The molecule has 1 aromatic carbocycles. The molecule has 2 atom stereocenters. The highest BCUT2D eigenvalue weighted by Gasteiger charge is 2.30. The maximum atomic E-state index is 13.2. The molecule has 2 heterocycles. The summed E-state index contributed by atoms with van der Waals surface area (Å²) in [6.45, 7) is 8.35. The Kier molecular flexibility index (Phi) is 5.75. The van der Waals surface area contributed by atoms with Crippen LogP contribution in [0, 0.1) is 5.92 Å². The van der Waals surface area contributed by atoms with Crippen molar-refractivity contribution in [3.05, 3.63) is 41.1 Å². The molecular formula is C21H27N3O3. The van der Waals surface area contributed by atoms with Gasteiger partial charge in [0.2, 0.25) is 0 Å². The molecule has 0 fully saturated rings. The Balaban J connectivity index is 2.08. The maximum absolute atomic E-state index is 13.2. The van der Waals surface area contributed by atoms with E-state index < -0.39 is 12.0 Å². The third-order valence-corrected chi connectivity index (χ3v) is 5.57. The summed E-state index contributed by atoms with van der Waals surface area (Å²) in [5.74, 6) is -1.47. The minimum Gasteiger partial charge on any atom is -0.480 e. The predicted molar refractivity (Wildman–Crippen MR) is 105 cm³/mol. The number of hydrogen-bond donors (Lipinski definition) is 2. The monoisotopic (exact) mass is 369 g/mol. The Hall–Kier alpha value is -2.47. The van der Waals surface area contributed by atoms with Crippen molar-refractivity contribution >= 4 is 22.8 Å². The molecule has 27 heavy (non-hydrogen) atoms. The van der Waals surface area contributed by atoms with E-state index in [0.717, 1.165) is 41.7 Å². The molecule has 0 radical (unpaired) electrons. The fraction of sp³-hybridized carbons (Fsp3) is 0.476. The number of likely N-dealkylation sites (N-methyl/N-ethyl adjacent to an activating group) is 1. The second-order valence-corrected chi connectivity index (χ2v) is 7.22. The van der Waals surface area contributed by atoms with Crippen LogP contribution in [-0.2, 0) is 17.8 Å². The number of fused-ring (bicyclic) bond motifs is 2. The summed E-state index contributed by atoms with van der Waals surface area (Å²) in [6.07, 6.45) is 1.47. The number of para-hydroxylation sites is 1. The zero-order chi connectivity index (χ0) is 19.6. The van der Waals surface area contributed by atoms with E-state index in [4.69, 9.17) is 4.98 Å². The van der Waals surface area contributed by atoms with Crippen LogP contribution in [0.3, 0.4) is 0 Å². The van der Waals surface area contributed by atoms with Gasteiger partial charge in [0.1, 0.15) is 6.04 Å². The largest absolute Gasteiger partial charge is 0.480 e. The van der Waals surface area contributed by atoms with Gasteiger partial charge in [0.15, 0.2) is 0 Å². The van der Waals surface area contributed by atoms with E-state index in [2.05, 4.69) is 17.1 Å². The number of rotatable bonds is 6. The molecule has 1 aromatic heterocycles. The molecule has 0 saturated heterocycles. The Morgan fingerprint density at radius 1 is 1.30 bits per heavy atom. The molecule has 0 saturated carbocycles. The molecule has 2 aromatic rings. The molecule has 6 nitrogen and oxygen atoms in total. The number of aromatic nitrogens is 1. The average molecular weight is 369 g/mol. The third kappa shape index (κ3) is 3.81. The number of aliphatic carboxylic acids is 1. The molecule has 1 aliphatic heterocycles. The molecule has 2 N–H and O–H groups in total. The van der Waals surface area contributed by atoms with Crippen molar-refractivity contribution in [2.75, 3.05) is 13.1 Å². The van der Waals surface area contributed by atoms with Crippen molar-refractivity contribution in [3.63, 3.8) is 0 Å². The normalized spacial score (nSPS) is 16.6. The summed E-state index contributed by atoms with van der Waals surface area (Å²) < 4.78 is 0. The van der Waals surface area contributed by atoms with Gasteiger partial charge in [-0.25, -0.2) is 4.79 Å². The lowest BCUT2D eigenvalue weighted by molar-refractivity contribution is -0.140. The zero-order valence-corrected chi connectivity index (χ0v) is 16.2. The first-order valence-electron chi connectivity index (χ1n) is 9.62. The van der Waals surface area contributed by atoms with Crippen LogP contribution in [0.15, 0.2) is 24.3 Å². The van der Waals surface area contributed by atoms with Gasteiger partial charge in [-0.2, -0.15) is 0 Å². The van der Waals surface area contributed by atoms with Crippen LogP contribution >= 0.6 is 0 Å². The summed E-state index contributed by atoms with van der Waals surface area (Å²) in [5, 5.41) is 13.1. The van der Waals surface area contributed by atoms with E-state index in [1.807, 2.05) is 38.1 Å². The van der Waals surface area contributed by atoms with E-state index in [-0.39, 0.29) is 11.8 Å². The number of amides is 1. The molecule has 0 spiro atoms. The summed E-state index contributed by atoms with van der Waals surface area (Å²) in [6, 6.07) is 6.68. The van der Waals surface area contributed by atoms with Gasteiger partial charge in [-0.05, 0) is 18.5 Å².